The molecule has 0 unspecified atom stereocenters. The van der Waals surface area contributed by atoms with Gasteiger partial charge < -0.3 is 10.1 Å². The molecule has 0 fully saturated rings. The van der Waals surface area contributed by atoms with Crippen LogP contribution in [0.2, 0.25) is 0 Å². The largest absolute Gasteiger partial charge is 0.496 e. The Morgan fingerprint density at radius 1 is 1.31 bits per heavy atom. The summed E-state index contributed by atoms with van der Waals surface area (Å²) < 4.78 is 5.22. The highest BCUT2D eigenvalue weighted by atomic mass is 32.2. The molecular formula is C17H22N4O3S2. The van der Waals surface area contributed by atoms with E-state index in [0.717, 1.165) is 17.2 Å². The van der Waals surface area contributed by atoms with Crippen LogP contribution in [0.1, 0.15) is 28.7 Å². The zero-order valence-electron chi connectivity index (χ0n) is 14.9. The predicted molar refractivity (Wildman–Crippen MR) is 105 cm³/mol. The molecule has 7 nitrogen and oxygen atoms in total. The SMILES string of the molecule is CCc1nnc(NC(=O)[C@H](CCSC)NC(=O)c2ccccc2OC)s1. The van der Waals surface area contributed by atoms with E-state index >= 15 is 0 Å². The number of methoxy groups -OCH3 is 1. The molecule has 1 atom stereocenters. The molecule has 0 saturated carbocycles. The average molecular weight is 395 g/mol. The summed E-state index contributed by atoms with van der Waals surface area (Å²) in [7, 11) is 1.50. The molecule has 9 heteroatoms. The second-order valence-electron chi connectivity index (χ2n) is 5.35. The molecule has 2 rings (SSSR count). The smallest absolute Gasteiger partial charge is 0.255 e. The highest BCUT2D eigenvalue weighted by molar-refractivity contribution is 7.98. The Bertz CT molecular complexity index is 751. The first-order valence-electron chi connectivity index (χ1n) is 8.15. The summed E-state index contributed by atoms with van der Waals surface area (Å²) in [6.45, 7) is 1.97. The van der Waals surface area contributed by atoms with E-state index < -0.39 is 6.04 Å². The van der Waals surface area contributed by atoms with Crippen LogP contribution < -0.4 is 15.4 Å². The number of para-hydroxylation sites is 1. The number of nitrogens with one attached hydrogen (secondary N) is 2. The van der Waals surface area contributed by atoms with E-state index in [1.54, 1.807) is 36.0 Å². The van der Waals surface area contributed by atoms with E-state index in [1.165, 1.54) is 18.4 Å². The van der Waals surface area contributed by atoms with E-state index in [4.69, 9.17) is 4.74 Å². The highest BCUT2D eigenvalue weighted by Gasteiger charge is 2.23. The minimum atomic E-state index is -0.672. The van der Waals surface area contributed by atoms with Gasteiger partial charge in [0.2, 0.25) is 11.0 Å². The molecular weight excluding hydrogens is 372 g/mol. The molecule has 1 aromatic carbocycles. The number of aryl methyl sites for hydroxylation is 1. The number of hydrogen-bond donors (Lipinski definition) is 2. The van der Waals surface area contributed by atoms with Gasteiger partial charge in [0.15, 0.2) is 0 Å². The number of aromatic nitrogens is 2. The minimum Gasteiger partial charge on any atom is -0.496 e. The number of rotatable bonds is 9. The van der Waals surface area contributed by atoms with Gasteiger partial charge in [-0.1, -0.05) is 30.4 Å². The molecule has 2 aromatic rings. The minimum absolute atomic E-state index is 0.305. The van der Waals surface area contributed by atoms with E-state index in [1.807, 2.05) is 13.2 Å². The summed E-state index contributed by atoms with van der Waals surface area (Å²) in [6, 6.07) is 6.24. The third-order valence-corrected chi connectivity index (χ3v) is 5.21. The van der Waals surface area contributed by atoms with E-state index in [2.05, 4.69) is 20.8 Å². The summed E-state index contributed by atoms with van der Waals surface area (Å²) in [5.74, 6) is 0.544. The van der Waals surface area contributed by atoms with Gasteiger partial charge in [0, 0.05) is 0 Å². The first kappa shape index (κ1) is 20.2. The Morgan fingerprint density at radius 3 is 2.73 bits per heavy atom. The Kier molecular flexibility index (Phi) is 7.86. The summed E-state index contributed by atoms with van der Waals surface area (Å²) >= 11 is 2.94. The molecule has 0 aliphatic heterocycles. The maximum Gasteiger partial charge on any atom is 0.255 e. The van der Waals surface area contributed by atoms with Crippen LogP contribution in [-0.2, 0) is 11.2 Å². The van der Waals surface area contributed by atoms with Crippen molar-refractivity contribution in [1.29, 1.82) is 0 Å². The Balaban J connectivity index is 2.10. The lowest BCUT2D eigenvalue weighted by Gasteiger charge is -2.18. The topological polar surface area (TPSA) is 93.2 Å². The van der Waals surface area contributed by atoms with E-state index in [9.17, 15) is 9.59 Å². The fraction of sp³-hybridized carbons (Fsp3) is 0.412. The van der Waals surface area contributed by atoms with Gasteiger partial charge in [-0.15, -0.1) is 10.2 Å². The third-order valence-electron chi connectivity index (χ3n) is 3.58. The molecule has 0 saturated heterocycles. The van der Waals surface area contributed by atoms with Crippen molar-refractivity contribution in [2.75, 3.05) is 24.4 Å². The molecule has 0 aliphatic rings. The fourth-order valence-electron chi connectivity index (χ4n) is 2.21. The van der Waals surface area contributed by atoms with Gasteiger partial charge in [-0.25, -0.2) is 0 Å². The molecule has 140 valence electrons. The Hall–Kier alpha value is -2.13. The number of carbonyl (C=O) groups excluding carboxylic acids is 2. The molecule has 26 heavy (non-hydrogen) atoms. The maximum atomic E-state index is 12.6. The molecule has 0 radical (unpaired) electrons. The van der Waals surface area contributed by atoms with Gasteiger partial charge in [-0.3, -0.25) is 14.9 Å². The van der Waals surface area contributed by atoms with Crippen LogP contribution in [0.4, 0.5) is 5.13 Å². The van der Waals surface area contributed by atoms with Crippen molar-refractivity contribution in [3.63, 3.8) is 0 Å². The number of benzene rings is 1. The number of anilines is 1. The molecule has 1 aromatic heterocycles. The number of carbonyl (C=O) groups is 2. The number of hydrogen-bond acceptors (Lipinski definition) is 7. The molecule has 2 amide bonds. The Morgan fingerprint density at radius 2 is 2.08 bits per heavy atom. The maximum absolute atomic E-state index is 12.6. The van der Waals surface area contributed by atoms with Crippen molar-refractivity contribution < 1.29 is 14.3 Å². The van der Waals surface area contributed by atoms with E-state index in [-0.39, 0.29) is 11.8 Å². The summed E-state index contributed by atoms with van der Waals surface area (Å²) in [4.78, 5) is 25.2. The van der Waals surface area contributed by atoms with E-state index in [0.29, 0.717) is 22.9 Å². The van der Waals surface area contributed by atoms with Crippen LogP contribution in [0.5, 0.6) is 5.75 Å². The van der Waals surface area contributed by atoms with Crippen LogP contribution in [0.3, 0.4) is 0 Å². The van der Waals surface area contributed by atoms with Gasteiger partial charge in [-0.05, 0) is 37.0 Å². The lowest BCUT2D eigenvalue weighted by atomic mass is 10.1. The van der Waals surface area contributed by atoms with Crippen LogP contribution in [0.15, 0.2) is 24.3 Å². The zero-order chi connectivity index (χ0) is 18.9. The van der Waals surface area contributed by atoms with Crippen molar-refractivity contribution in [1.82, 2.24) is 15.5 Å². The second-order valence-corrected chi connectivity index (χ2v) is 7.40. The lowest BCUT2D eigenvalue weighted by Crippen LogP contribution is -2.44. The quantitative estimate of drug-likeness (QED) is 0.679. The monoisotopic (exact) mass is 394 g/mol. The van der Waals surface area contributed by atoms with Crippen molar-refractivity contribution in [2.45, 2.75) is 25.8 Å². The molecule has 0 bridgehead atoms. The average Bonchev–Trinajstić information content (AvgIpc) is 3.12. The fourth-order valence-corrected chi connectivity index (χ4v) is 3.37. The second kappa shape index (κ2) is 10.1. The molecule has 1 heterocycles. The number of amides is 2. The molecule has 0 spiro atoms. The van der Waals surface area contributed by atoms with Crippen LogP contribution in [-0.4, -0.2) is 47.2 Å². The first-order chi connectivity index (χ1) is 12.6. The summed E-state index contributed by atoms with van der Waals surface area (Å²) in [5, 5.41) is 14.8. The number of ether oxygens (including phenoxy) is 1. The summed E-state index contributed by atoms with van der Waals surface area (Å²) in [5.41, 5.74) is 0.390. The van der Waals surface area contributed by atoms with Gasteiger partial charge in [-0.2, -0.15) is 11.8 Å². The normalized spacial score (nSPS) is 11.7. The van der Waals surface area contributed by atoms with Gasteiger partial charge in [0.1, 0.15) is 16.8 Å². The van der Waals surface area contributed by atoms with Crippen molar-refractivity contribution in [3.05, 3.63) is 34.8 Å². The van der Waals surface area contributed by atoms with Crippen molar-refractivity contribution in [2.24, 2.45) is 0 Å². The van der Waals surface area contributed by atoms with Crippen LogP contribution in [0.25, 0.3) is 0 Å². The standard InChI is InChI=1S/C17H22N4O3S2/c1-4-14-20-21-17(26-14)19-16(23)12(9-10-25-3)18-15(22)11-7-5-6-8-13(11)24-2/h5-8,12H,4,9-10H2,1-3H3,(H,18,22)(H,19,21,23)/t12-/m0/s1. The van der Waals surface area contributed by atoms with Crippen molar-refractivity contribution >= 4 is 40.0 Å². The van der Waals surface area contributed by atoms with Crippen LogP contribution in [0, 0.1) is 0 Å². The predicted octanol–water partition coefficient (Wildman–Crippen LogP) is 2.60. The summed E-state index contributed by atoms with van der Waals surface area (Å²) in [6.07, 6.45) is 3.22. The van der Waals surface area contributed by atoms with Crippen molar-refractivity contribution in [3.8, 4) is 5.75 Å². The van der Waals surface area contributed by atoms with Gasteiger partial charge in [0.25, 0.3) is 5.91 Å². The Labute approximate surface area is 160 Å². The number of nitrogens with zero attached hydrogens (tertiary/aromatic N) is 2. The van der Waals surface area contributed by atoms with Crippen LogP contribution >= 0.6 is 23.1 Å². The number of thioether (sulfide) groups is 1. The third kappa shape index (κ3) is 5.43. The van der Waals surface area contributed by atoms with Gasteiger partial charge >= 0.3 is 0 Å². The first-order valence-corrected chi connectivity index (χ1v) is 10.4. The highest BCUT2D eigenvalue weighted by Crippen LogP contribution is 2.19. The molecule has 2 N–H and O–H groups in total. The lowest BCUT2D eigenvalue weighted by molar-refractivity contribution is -0.118. The van der Waals surface area contributed by atoms with Gasteiger partial charge in [0.05, 0.1) is 12.7 Å². The zero-order valence-corrected chi connectivity index (χ0v) is 16.6. The molecule has 0 aliphatic carbocycles.